The maximum atomic E-state index is 9.21. The van der Waals surface area contributed by atoms with Crippen molar-refractivity contribution in [1.82, 2.24) is 0 Å². The smallest absolute Gasteiger partial charge is 0.0518 e. The molecule has 0 amide bonds. The summed E-state index contributed by atoms with van der Waals surface area (Å²) in [5.74, 6) is 0.543. The predicted molar refractivity (Wildman–Crippen MR) is 56.0 cm³/mol. The van der Waals surface area contributed by atoms with Gasteiger partial charge in [-0.1, -0.05) is 31.8 Å². The molecular formula is C10H20OSi. The van der Waals surface area contributed by atoms with E-state index in [9.17, 15) is 5.11 Å². The van der Waals surface area contributed by atoms with Crippen LogP contribution >= 0.6 is 0 Å². The molecule has 0 aliphatic heterocycles. The van der Waals surface area contributed by atoms with E-state index >= 15 is 0 Å². The Balaban J connectivity index is 2.71. The lowest BCUT2D eigenvalue weighted by Crippen LogP contribution is -2.34. The van der Waals surface area contributed by atoms with Gasteiger partial charge in [-0.15, -0.1) is 0 Å². The van der Waals surface area contributed by atoms with Crippen LogP contribution < -0.4 is 0 Å². The molecule has 2 heteroatoms. The first-order chi connectivity index (χ1) is 5.55. The SMILES string of the molecule is C[Si](C)(C)[C@H]1C=CCC[C@H]1CO. The van der Waals surface area contributed by atoms with E-state index in [1.54, 1.807) is 0 Å². The second kappa shape index (κ2) is 3.75. The van der Waals surface area contributed by atoms with Gasteiger partial charge in [0, 0.05) is 6.61 Å². The van der Waals surface area contributed by atoms with Crippen molar-refractivity contribution in [3.05, 3.63) is 12.2 Å². The molecule has 0 unspecified atom stereocenters. The van der Waals surface area contributed by atoms with Crippen LogP contribution in [0.5, 0.6) is 0 Å². The Bertz CT molecular complexity index is 169. The molecule has 0 spiro atoms. The van der Waals surface area contributed by atoms with Gasteiger partial charge in [-0.25, -0.2) is 0 Å². The molecule has 1 rings (SSSR count). The molecule has 0 saturated carbocycles. The van der Waals surface area contributed by atoms with Crippen LogP contribution in [0.3, 0.4) is 0 Å². The van der Waals surface area contributed by atoms with Gasteiger partial charge in [0.2, 0.25) is 0 Å². The minimum Gasteiger partial charge on any atom is -0.396 e. The number of rotatable bonds is 2. The molecule has 0 saturated heterocycles. The van der Waals surface area contributed by atoms with Gasteiger partial charge in [0.1, 0.15) is 0 Å². The average molecular weight is 184 g/mol. The summed E-state index contributed by atoms with van der Waals surface area (Å²) in [5, 5.41) is 9.21. The molecule has 0 radical (unpaired) electrons. The largest absolute Gasteiger partial charge is 0.396 e. The van der Waals surface area contributed by atoms with Crippen molar-refractivity contribution in [2.75, 3.05) is 6.61 Å². The Labute approximate surface area is 76.5 Å². The van der Waals surface area contributed by atoms with Crippen molar-refractivity contribution in [1.29, 1.82) is 0 Å². The quantitative estimate of drug-likeness (QED) is 0.517. The van der Waals surface area contributed by atoms with E-state index in [4.69, 9.17) is 0 Å². The third-order valence-electron chi connectivity index (χ3n) is 2.79. The fourth-order valence-electron chi connectivity index (χ4n) is 2.09. The molecule has 1 aliphatic carbocycles. The van der Waals surface area contributed by atoms with Crippen molar-refractivity contribution in [3.8, 4) is 0 Å². The fourth-order valence-corrected chi connectivity index (χ4v) is 4.49. The normalized spacial score (nSPS) is 30.7. The van der Waals surface area contributed by atoms with E-state index in [2.05, 4.69) is 31.8 Å². The molecular weight excluding hydrogens is 164 g/mol. The van der Waals surface area contributed by atoms with Gasteiger partial charge in [0.25, 0.3) is 0 Å². The van der Waals surface area contributed by atoms with Crippen molar-refractivity contribution >= 4 is 8.07 Å². The third-order valence-corrected chi connectivity index (χ3v) is 5.45. The highest BCUT2D eigenvalue weighted by molar-refractivity contribution is 6.78. The minimum atomic E-state index is -1.09. The number of aliphatic hydroxyl groups excluding tert-OH is 1. The zero-order chi connectivity index (χ0) is 9.19. The maximum Gasteiger partial charge on any atom is 0.0518 e. The number of hydrogen-bond donors (Lipinski definition) is 1. The first kappa shape index (κ1) is 10.0. The summed E-state index contributed by atoms with van der Waals surface area (Å²) >= 11 is 0. The van der Waals surface area contributed by atoms with Crippen LogP contribution in [0.25, 0.3) is 0 Å². The van der Waals surface area contributed by atoms with E-state index < -0.39 is 8.07 Å². The topological polar surface area (TPSA) is 20.2 Å². The third kappa shape index (κ3) is 2.20. The van der Waals surface area contributed by atoms with E-state index in [0.717, 1.165) is 6.42 Å². The van der Waals surface area contributed by atoms with Gasteiger partial charge < -0.3 is 5.11 Å². The Morgan fingerprint density at radius 2 is 2.08 bits per heavy atom. The fraction of sp³-hybridized carbons (Fsp3) is 0.800. The van der Waals surface area contributed by atoms with Crippen LogP contribution in [0.15, 0.2) is 12.2 Å². The van der Waals surface area contributed by atoms with Gasteiger partial charge >= 0.3 is 0 Å². The Kier molecular flexibility index (Phi) is 3.13. The summed E-state index contributed by atoms with van der Waals surface area (Å²) in [6, 6.07) is 0. The molecule has 2 atom stereocenters. The van der Waals surface area contributed by atoms with Gasteiger partial charge in [0.15, 0.2) is 0 Å². The van der Waals surface area contributed by atoms with Gasteiger partial charge in [-0.3, -0.25) is 0 Å². The maximum absolute atomic E-state index is 9.21. The van der Waals surface area contributed by atoms with Crippen molar-refractivity contribution in [2.24, 2.45) is 5.92 Å². The van der Waals surface area contributed by atoms with Crippen LogP contribution in [-0.2, 0) is 0 Å². The number of allylic oxidation sites excluding steroid dienone is 2. The summed E-state index contributed by atoms with van der Waals surface area (Å²) in [7, 11) is -1.09. The molecule has 1 nitrogen and oxygen atoms in total. The Morgan fingerprint density at radius 3 is 2.50 bits per heavy atom. The predicted octanol–water partition coefficient (Wildman–Crippen LogP) is 2.65. The zero-order valence-corrected chi connectivity index (χ0v) is 9.38. The van der Waals surface area contributed by atoms with Crippen LogP contribution in [0.1, 0.15) is 12.8 Å². The lowest BCUT2D eigenvalue weighted by Gasteiger charge is -2.35. The van der Waals surface area contributed by atoms with Crippen LogP contribution in [0.4, 0.5) is 0 Å². The molecule has 0 fully saturated rings. The van der Waals surface area contributed by atoms with Gasteiger partial charge in [0.05, 0.1) is 8.07 Å². The molecule has 0 aromatic heterocycles. The molecule has 0 bridgehead atoms. The van der Waals surface area contributed by atoms with Crippen LogP contribution in [0.2, 0.25) is 25.2 Å². The molecule has 70 valence electrons. The highest BCUT2D eigenvalue weighted by atomic mass is 28.3. The summed E-state index contributed by atoms with van der Waals surface area (Å²) in [4.78, 5) is 0. The second-order valence-corrected chi connectivity index (χ2v) is 10.2. The van der Waals surface area contributed by atoms with Gasteiger partial charge in [-0.05, 0) is 24.3 Å². The summed E-state index contributed by atoms with van der Waals surface area (Å²) in [6.07, 6.45) is 6.97. The average Bonchev–Trinajstić information content (AvgIpc) is 2.03. The van der Waals surface area contributed by atoms with Gasteiger partial charge in [-0.2, -0.15) is 0 Å². The second-order valence-electron chi connectivity index (χ2n) is 4.84. The lowest BCUT2D eigenvalue weighted by atomic mass is 9.95. The monoisotopic (exact) mass is 184 g/mol. The highest BCUT2D eigenvalue weighted by Gasteiger charge is 2.32. The number of hydrogen-bond acceptors (Lipinski definition) is 1. The molecule has 0 heterocycles. The van der Waals surface area contributed by atoms with E-state index in [-0.39, 0.29) is 0 Å². The molecule has 1 N–H and O–H groups in total. The first-order valence-corrected chi connectivity index (χ1v) is 8.41. The summed E-state index contributed by atoms with van der Waals surface area (Å²) in [5.41, 5.74) is 0.691. The van der Waals surface area contributed by atoms with Crippen molar-refractivity contribution in [3.63, 3.8) is 0 Å². The van der Waals surface area contributed by atoms with Crippen LogP contribution in [-0.4, -0.2) is 19.8 Å². The molecule has 12 heavy (non-hydrogen) atoms. The van der Waals surface area contributed by atoms with E-state index in [1.807, 2.05) is 0 Å². The van der Waals surface area contributed by atoms with Crippen molar-refractivity contribution < 1.29 is 5.11 Å². The zero-order valence-electron chi connectivity index (χ0n) is 8.38. The number of aliphatic hydroxyl groups is 1. The van der Waals surface area contributed by atoms with Crippen molar-refractivity contribution in [2.45, 2.75) is 38.0 Å². The highest BCUT2D eigenvalue weighted by Crippen LogP contribution is 2.37. The van der Waals surface area contributed by atoms with E-state index in [0.29, 0.717) is 18.1 Å². The Hall–Kier alpha value is -0.0831. The Morgan fingerprint density at radius 1 is 1.42 bits per heavy atom. The summed E-state index contributed by atoms with van der Waals surface area (Å²) in [6.45, 7) is 7.53. The molecule has 0 aromatic carbocycles. The standard InChI is InChI=1S/C10H20OSi/c1-12(2,3)10-7-5-4-6-9(10)8-11/h5,7,9-11H,4,6,8H2,1-3H3/t9-,10-/m0/s1. The lowest BCUT2D eigenvalue weighted by molar-refractivity contribution is 0.216. The minimum absolute atomic E-state index is 0.374. The molecule has 1 aliphatic rings. The van der Waals surface area contributed by atoms with E-state index in [1.165, 1.54) is 6.42 Å². The summed E-state index contributed by atoms with van der Waals surface area (Å²) < 4.78 is 0. The first-order valence-electron chi connectivity index (χ1n) is 4.83. The molecule has 0 aromatic rings. The van der Waals surface area contributed by atoms with Crippen LogP contribution in [0, 0.1) is 5.92 Å².